The van der Waals surface area contributed by atoms with Crippen LogP contribution in [0, 0.1) is 68.0 Å². The summed E-state index contributed by atoms with van der Waals surface area (Å²) < 4.78 is 4.21. The molecule has 0 aliphatic heterocycles. The molecule has 0 saturated heterocycles. The van der Waals surface area contributed by atoms with Crippen LogP contribution in [0.4, 0.5) is 0 Å². The summed E-state index contributed by atoms with van der Waals surface area (Å²) in [5.41, 5.74) is 16.1. The molecule has 0 aliphatic carbocycles. The third-order valence-corrected chi connectivity index (χ3v) is 14.0. The number of benzene rings is 10. The Morgan fingerprint density at radius 3 is 0.730 bits per heavy atom. The lowest BCUT2D eigenvalue weighted by molar-refractivity contribution is 1.16. The zero-order valence-corrected chi connectivity index (χ0v) is 39.2. The number of rotatable bonds is 7. The molecule has 12 aromatic rings. The SMILES string of the molecule is N#Cc1ccccc1-c1ccc2c(c1)c1cc(-c3ccccc3C#N)ccc1n2-c1cc(-c2ccc(C#N)c(-n3c4ccc(-c5ccccc5C#N)cc4c4cc(-c5ccccc5C#N)ccc43)c2)ccc1C#N. The molecule has 0 unspecified atom stereocenters. The van der Waals surface area contributed by atoms with Gasteiger partial charge in [-0.3, -0.25) is 0 Å². The fourth-order valence-corrected chi connectivity index (χ4v) is 10.5. The molecule has 0 amide bonds. The van der Waals surface area contributed by atoms with Gasteiger partial charge in [-0.2, -0.15) is 31.6 Å². The first-order chi connectivity index (χ1) is 36.4. The second kappa shape index (κ2) is 17.9. The van der Waals surface area contributed by atoms with Crippen molar-refractivity contribution in [2.45, 2.75) is 0 Å². The van der Waals surface area contributed by atoms with Gasteiger partial charge in [0.15, 0.2) is 0 Å². The predicted octanol–water partition coefficient (Wildman–Crippen LogP) is 15.4. The number of hydrogen-bond acceptors (Lipinski definition) is 6. The largest absolute Gasteiger partial charge is 0.308 e. The Hall–Kier alpha value is -11.3. The van der Waals surface area contributed by atoms with Crippen LogP contribution < -0.4 is 0 Å². The van der Waals surface area contributed by atoms with Crippen molar-refractivity contribution in [3.8, 4) is 103 Å². The number of nitriles is 6. The zero-order valence-electron chi connectivity index (χ0n) is 39.2. The van der Waals surface area contributed by atoms with Gasteiger partial charge in [-0.05, 0) is 153 Å². The maximum absolute atomic E-state index is 10.8. The Labute approximate surface area is 425 Å². The molecule has 0 aliphatic rings. The maximum Gasteiger partial charge on any atom is 0.101 e. The van der Waals surface area contributed by atoms with E-state index in [2.05, 4.69) is 69.8 Å². The van der Waals surface area contributed by atoms with Gasteiger partial charge in [0.1, 0.15) is 12.1 Å². The van der Waals surface area contributed by atoms with Gasteiger partial charge in [0.05, 0.1) is 91.1 Å². The van der Waals surface area contributed by atoms with E-state index in [1.54, 1.807) is 0 Å². The molecule has 74 heavy (non-hydrogen) atoms. The van der Waals surface area contributed by atoms with E-state index in [9.17, 15) is 31.6 Å². The van der Waals surface area contributed by atoms with Crippen molar-refractivity contribution < 1.29 is 0 Å². The molecular weight excluding hydrogens is 905 g/mol. The highest BCUT2D eigenvalue weighted by molar-refractivity contribution is 6.13. The van der Waals surface area contributed by atoms with E-state index < -0.39 is 0 Å². The average Bonchev–Trinajstić information content (AvgIpc) is 3.98. The minimum absolute atomic E-state index is 0.448. The summed E-state index contributed by atoms with van der Waals surface area (Å²) in [5, 5.41) is 65.6. The summed E-state index contributed by atoms with van der Waals surface area (Å²) in [6.07, 6.45) is 0. The Morgan fingerprint density at radius 2 is 0.473 bits per heavy atom. The van der Waals surface area contributed by atoms with Gasteiger partial charge in [0, 0.05) is 21.5 Å². The normalized spacial score (nSPS) is 10.9. The highest BCUT2D eigenvalue weighted by atomic mass is 15.0. The third kappa shape index (κ3) is 7.10. The lowest BCUT2D eigenvalue weighted by atomic mass is 9.96. The zero-order chi connectivity index (χ0) is 50.5. The molecule has 2 heterocycles. The van der Waals surface area contributed by atoms with Crippen LogP contribution in [-0.2, 0) is 0 Å². The van der Waals surface area contributed by atoms with Crippen molar-refractivity contribution >= 4 is 43.6 Å². The summed E-state index contributed by atoms with van der Waals surface area (Å²) in [4.78, 5) is 0. The topological polar surface area (TPSA) is 153 Å². The molecule has 0 fully saturated rings. The molecule has 0 N–H and O–H groups in total. The van der Waals surface area contributed by atoms with Gasteiger partial charge in [-0.1, -0.05) is 109 Å². The first-order valence-electron chi connectivity index (χ1n) is 23.7. The highest BCUT2D eigenvalue weighted by Gasteiger charge is 2.22. The molecule has 12 rings (SSSR count). The molecule has 0 spiro atoms. The van der Waals surface area contributed by atoms with Crippen molar-refractivity contribution in [1.82, 2.24) is 9.13 Å². The quantitative estimate of drug-likeness (QED) is 0.155. The van der Waals surface area contributed by atoms with E-state index in [0.29, 0.717) is 44.8 Å². The molecule has 338 valence electrons. The number of fused-ring (bicyclic) bond motifs is 6. The van der Waals surface area contributed by atoms with Crippen LogP contribution in [0.25, 0.3) is 111 Å². The number of nitrogens with zero attached hydrogens (tertiary/aromatic N) is 8. The van der Waals surface area contributed by atoms with Crippen LogP contribution in [-0.4, -0.2) is 9.13 Å². The average molecular weight is 939 g/mol. The summed E-state index contributed by atoms with van der Waals surface area (Å²) >= 11 is 0. The first kappa shape index (κ1) is 44.0. The monoisotopic (exact) mass is 938 g/mol. The van der Waals surface area contributed by atoms with Crippen molar-refractivity contribution in [2.75, 3.05) is 0 Å². The van der Waals surface area contributed by atoms with Crippen molar-refractivity contribution in [1.29, 1.82) is 31.6 Å². The van der Waals surface area contributed by atoms with Gasteiger partial charge in [0.25, 0.3) is 0 Å². The summed E-state index contributed by atoms with van der Waals surface area (Å²) in [5.74, 6) is 0. The molecule has 0 radical (unpaired) electrons. The standard InChI is InChI=1S/C66H34N8/c67-35-47-9-1-5-13-53(47)43-21-25-61-57(29-43)58-30-44(54-14-6-2-10-48(54)36-68)22-26-62(58)73(61)65-33-41(17-19-51(65)39-71)42-18-20-52(40-72)66(34-42)74-63-27-23-45(55-15-7-3-11-49(55)37-69)31-59(63)60-32-46(24-28-64(60)74)56-16-8-4-12-50(56)38-70/h1-34H. The first-order valence-corrected chi connectivity index (χ1v) is 23.7. The summed E-state index contributed by atoms with van der Waals surface area (Å²) in [6, 6.07) is 80.4. The van der Waals surface area contributed by atoms with E-state index in [0.717, 1.165) is 99.2 Å². The van der Waals surface area contributed by atoms with Crippen molar-refractivity contribution in [2.24, 2.45) is 0 Å². The molecule has 8 nitrogen and oxygen atoms in total. The molecule has 0 saturated carbocycles. The summed E-state index contributed by atoms with van der Waals surface area (Å²) in [7, 11) is 0. The fraction of sp³-hybridized carbons (Fsp3) is 0. The molecule has 8 heteroatoms. The highest BCUT2D eigenvalue weighted by Crippen LogP contribution is 2.42. The van der Waals surface area contributed by atoms with Crippen molar-refractivity contribution in [3.63, 3.8) is 0 Å². The Morgan fingerprint density at radius 1 is 0.230 bits per heavy atom. The Kier molecular flexibility index (Phi) is 10.7. The van der Waals surface area contributed by atoms with E-state index in [-0.39, 0.29) is 0 Å². The maximum atomic E-state index is 10.8. The molecule has 0 atom stereocenters. The molecular formula is C66H34N8. The van der Waals surface area contributed by atoms with E-state index in [1.165, 1.54) is 0 Å². The van der Waals surface area contributed by atoms with Crippen molar-refractivity contribution in [3.05, 3.63) is 240 Å². The Bertz CT molecular complexity index is 4110. The number of aromatic nitrogens is 2. The van der Waals surface area contributed by atoms with Crippen LogP contribution in [0.1, 0.15) is 33.4 Å². The minimum Gasteiger partial charge on any atom is -0.308 e. The van der Waals surface area contributed by atoms with E-state index in [4.69, 9.17) is 0 Å². The second-order valence-electron chi connectivity index (χ2n) is 17.9. The molecule has 10 aromatic carbocycles. The lowest BCUT2D eigenvalue weighted by Gasteiger charge is -2.15. The van der Waals surface area contributed by atoms with Gasteiger partial charge in [-0.15, -0.1) is 0 Å². The summed E-state index contributed by atoms with van der Waals surface area (Å²) in [6.45, 7) is 0. The Balaban J connectivity index is 1.07. The lowest BCUT2D eigenvalue weighted by Crippen LogP contribution is -2.00. The minimum atomic E-state index is 0.448. The van der Waals surface area contributed by atoms with Gasteiger partial charge < -0.3 is 9.13 Å². The van der Waals surface area contributed by atoms with Gasteiger partial charge in [0.2, 0.25) is 0 Å². The number of hydrogen-bond donors (Lipinski definition) is 0. The van der Waals surface area contributed by atoms with Gasteiger partial charge in [-0.25, -0.2) is 0 Å². The third-order valence-electron chi connectivity index (χ3n) is 14.0. The smallest absolute Gasteiger partial charge is 0.101 e. The second-order valence-corrected chi connectivity index (χ2v) is 17.9. The van der Waals surface area contributed by atoms with E-state index >= 15 is 0 Å². The van der Waals surface area contributed by atoms with Crippen LogP contribution in [0.15, 0.2) is 206 Å². The molecule has 0 bridgehead atoms. The van der Waals surface area contributed by atoms with Gasteiger partial charge >= 0.3 is 0 Å². The van der Waals surface area contributed by atoms with Crippen LogP contribution in [0.5, 0.6) is 0 Å². The van der Waals surface area contributed by atoms with Crippen LogP contribution >= 0.6 is 0 Å². The predicted molar refractivity (Wildman–Crippen MR) is 291 cm³/mol. The molecule has 2 aromatic heterocycles. The fourth-order valence-electron chi connectivity index (χ4n) is 10.5. The van der Waals surface area contributed by atoms with E-state index in [1.807, 2.05) is 182 Å². The van der Waals surface area contributed by atoms with Crippen LogP contribution in [0.2, 0.25) is 0 Å². The van der Waals surface area contributed by atoms with Crippen LogP contribution in [0.3, 0.4) is 0 Å².